The minimum Gasteiger partial charge on any atom is -0.491 e. The van der Waals surface area contributed by atoms with Crippen molar-refractivity contribution in [1.82, 2.24) is 0 Å². The van der Waals surface area contributed by atoms with E-state index in [1.807, 2.05) is 30.3 Å². The average molecular weight is 236 g/mol. The Morgan fingerprint density at radius 1 is 1.06 bits per heavy atom. The van der Waals surface area contributed by atoms with Crippen molar-refractivity contribution in [3.63, 3.8) is 0 Å². The molecule has 0 unspecified atom stereocenters. The molecule has 0 aromatic heterocycles. The number of ether oxygens (including phenoxy) is 2. The first-order valence-electron chi connectivity index (χ1n) is 6.04. The van der Waals surface area contributed by atoms with Gasteiger partial charge in [0.25, 0.3) is 0 Å². The lowest BCUT2D eigenvalue weighted by molar-refractivity contribution is -0.117. The summed E-state index contributed by atoms with van der Waals surface area (Å²) >= 11 is 0. The fourth-order valence-electron chi connectivity index (χ4n) is 1.42. The van der Waals surface area contributed by atoms with Crippen LogP contribution < -0.4 is 4.74 Å². The van der Waals surface area contributed by atoms with Gasteiger partial charge in [0.15, 0.2) is 0 Å². The van der Waals surface area contributed by atoms with Gasteiger partial charge < -0.3 is 14.3 Å². The van der Waals surface area contributed by atoms with Crippen LogP contribution in [-0.2, 0) is 9.53 Å². The first-order chi connectivity index (χ1) is 8.29. The first-order valence-corrected chi connectivity index (χ1v) is 6.04. The number of unbranched alkanes of at least 4 members (excludes halogenated alkanes) is 1. The molecular weight excluding hydrogens is 216 g/mol. The molecule has 0 amide bonds. The second-order valence-corrected chi connectivity index (χ2v) is 3.93. The van der Waals surface area contributed by atoms with Crippen LogP contribution in [0.5, 0.6) is 5.75 Å². The van der Waals surface area contributed by atoms with Crippen molar-refractivity contribution >= 4 is 5.78 Å². The number of hydrogen-bond donors (Lipinski definition) is 0. The van der Waals surface area contributed by atoms with Crippen LogP contribution in [0.25, 0.3) is 0 Å². The van der Waals surface area contributed by atoms with Crippen molar-refractivity contribution in [1.29, 1.82) is 0 Å². The van der Waals surface area contributed by atoms with Crippen molar-refractivity contribution < 1.29 is 14.3 Å². The van der Waals surface area contributed by atoms with Gasteiger partial charge in [0.2, 0.25) is 0 Å². The van der Waals surface area contributed by atoms with Crippen LogP contribution in [0.2, 0.25) is 0 Å². The minimum atomic E-state index is 0.248. The topological polar surface area (TPSA) is 35.5 Å². The molecule has 0 spiro atoms. The SMILES string of the molecule is CC(=O)CCCCOCCOc1ccccc1. The molecule has 0 N–H and O–H groups in total. The third kappa shape index (κ3) is 7.53. The number of ketones is 1. The minimum absolute atomic E-state index is 0.248. The summed E-state index contributed by atoms with van der Waals surface area (Å²) < 4.78 is 10.9. The van der Waals surface area contributed by atoms with E-state index in [-0.39, 0.29) is 5.78 Å². The molecule has 94 valence electrons. The van der Waals surface area contributed by atoms with Gasteiger partial charge in [0, 0.05) is 13.0 Å². The molecule has 0 saturated heterocycles. The molecule has 0 heterocycles. The maximum Gasteiger partial charge on any atom is 0.129 e. The van der Waals surface area contributed by atoms with Crippen LogP contribution in [-0.4, -0.2) is 25.6 Å². The predicted octanol–water partition coefficient (Wildman–Crippen LogP) is 2.84. The molecule has 0 aliphatic carbocycles. The molecule has 0 fully saturated rings. The number of carbonyl (C=O) groups is 1. The Kier molecular flexibility index (Phi) is 7.07. The van der Waals surface area contributed by atoms with E-state index in [2.05, 4.69) is 0 Å². The number of Topliss-reactive ketones (excluding diaryl/α,β-unsaturated/α-hetero) is 1. The Morgan fingerprint density at radius 2 is 1.82 bits per heavy atom. The largest absolute Gasteiger partial charge is 0.491 e. The van der Waals surface area contributed by atoms with E-state index in [9.17, 15) is 4.79 Å². The van der Waals surface area contributed by atoms with Crippen LogP contribution in [0.1, 0.15) is 26.2 Å². The third-order valence-electron chi connectivity index (χ3n) is 2.31. The fourth-order valence-corrected chi connectivity index (χ4v) is 1.42. The molecule has 1 aromatic carbocycles. The molecule has 0 saturated carbocycles. The van der Waals surface area contributed by atoms with Crippen LogP contribution in [0.4, 0.5) is 0 Å². The van der Waals surface area contributed by atoms with E-state index in [1.165, 1.54) is 0 Å². The highest BCUT2D eigenvalue weighted by atomic mass is 16.5. The number of rotatable bonds is 9. The lowest BCUT2D eigenvalue weighted by atomic mass is 10.2. The molecule has 17 heavy (non-hydrogen) atoms. The summed E-state index contributed by atoms with van der Waals surface area (Å²) in [5, 5.41) is 0. The van der Waals surface area contributed by atoms with Gasteiger partial charge in [-0.1, -0.05) is 18.2 Å². The number of para-hydroxylation sites is 1. The monoisotopic (exact) mass is 236 g/mol. The zero-order valence-electron chi connectivity index (χ0n) is 10.4. The van der Waals surface area contributed by atoms with Gasteiger partial charge in [-0.05, 0) is 31.9 Å². The zero-order chi connectivity index (χ0) is 12.3. The second kappa shape index (κ2) is 8.76. The highest BCUT2D eigenvalue weighted by Gasteiger charge is 1.95. The normalized spacial score (nSPS) is 10.2. The molecule has 0 bridgehead atoms. The van der Waals surface area contributed by atoms with Gasteiger partial charge >= 0.3 is 0 Å². The Hall–Kier alpha value is -1.35. The summed E-state index contributed by atoms with van der Waals surface area (Å²) in [6.45, 7) is 3.48. The predicted molar refractivity (Wildman–Crippen MR) is 67.3 cm³/mol. The molecule has 3 nitrogen and oxygen atoms in total. The van der Waals surface area contributed by atoms with E-state index >= 15 is 0 Å². The maximum absolute atomic E-state index is 10.7. The van der Waals surface area contributed by atoms with E-state index in [4.69, 9.17) is 9.47 Å². The molecule has 1 aromatic rings. The molecule has 0 aliphatic heterocycles. The molecule has 1 rings (SSSR count). The summed E-state index contributed by atoms with van der Waals surface area (Å²) in [4.78, 5) is 10.7. The fraction of sp³-hybridized carbons (Fsp3) is 0.500. The Labute approximate surface area is 103 Å². The van der Waals surface area contributed by atoms with Crippen LogP contribution in [0.15, 0.2) is 30.3 Å². The smallest absolute Gasteiger partial charge is 0.129 e. The van der Waals surface area contributed by atoms with Crippen LogP contribution in [0.3, 0.4) is 0 Å². The standard InChI is InChI=1S/C14H20O3/c1-13(15)7-5-6-10-16-11-12-17-14-8-3-2-4-9-14/h2-4,8-9H,5-7,10-12H2,1H3. The zero-order valence-corrected chi connectivity index (χ0v) is 10.4. The Balaban J connectivity index is 1.90. The van der Waals surface area contributed by atoms with Gasteiger partial charge in [-0.2, -0.15) is 0 Å². The van der Waals surface area contributed by atoms with Gasteiger partial charge in [-0.15, -0.1) is 0 Å². The Bertz CT molecular complexity index is 309. The Morgan fingerprint density at radius 3 is 2.53 bits per heavy atom. The third-order valence-corrected chi connectivity index (χ3v) is 2.31. The van der Waals surface area contributed by atoms with Crippen molar-refractivity contribution in [2.45, 2.75) is 26.2 Å². The van der Waals surface area contributed by atoms with Crippen molar-refractivity contribution in [3.05, 3.63) is 30.3 Å². The van der Waals surface area contributed by atoms with Crippen LogP contribution in [0, 0.1) is 0 Å². The van der Waals surface area contributed by atoms with E-state index < -0.39 is 0 Å². The van der Waals surface area contributed by atoms with E-state index in [0.29, 0.717) is 26.2 Å². The number of benzene rings is 1. The van der Waals surface area contributed by atoms with Crippen LogP contribution >= 0.6 is 0 Å². The second-order valence-electron chi connectivity index (χ2n) is 3.93. The molecular formula is C14H20O3. The summed E-state index contributed by atoms with van der Waals surface area (Å²) in [5.74, 6) is 1.12. The summed E-state index contributed by atoms with van der Waals surface area (Å²) in [6.07, 6.45) is 2.50. The molecule has 0 aliphatic rings. The van der Waals surface area contributed by atoms with Crippen molar-refractivity contribution in [3.8, 4) is 5.75 Å². The average Bonchev–Trinajstić information content (AvgIpc) is 2.33. The highest BCUT2D eigenvalue weighted by Crippen LogP contribution is 2.07. The van der Waals surface area contributed by atoms with E-state index in [1.54, 1.807) is 6.92 Å². The number of hydrogen-bond acceptors (Lipinski definition) is 3. The summed E-state index contributed by atoms with van der Waals surface area (Å²) in [6, 6.07) is 9.69. The van der Waals surface area contributed by atoms with Gasteiger partial charge in [0.05, 0.1) is 6.61 Å². The quantitative estimate of drug-likeness (QED) is 0.618. The summed E-state index contributed by atoms with van der Waals surface area (Å²) in [5.41, 5.74) is 0. The molecule has 0 atom stereocenters. The lowest BCUT2D eigenvalue weighted by Gasteiger charge is -2.06. The van der Waals surface area contributed by atoms with Gasteiger partial charge in [-0.3, -0.25) is 0 Å². The lowest BCUT2D eigenvalue weighted by Crippen LogP contribution is -2.07. The number of carbonyl (C=O) groups excluding carboxylic acids is 1. The van der Waals surface area contributed by atoms with Crippen molar-refractivity contribution in [2.75, 3.05) is 19.8 Å². The summed E-state index contributed by atoms with van der Waals surface area (Å²) in [7, 11) is 0. The van der Waals surface area contributed by atoms with E-state index in [0.717, 1.165) is 18.6 Å². The highest BCUT2D eigenvalue weighted by molar-refractivity contribution is 5.75. The van der Waals surface area contributed by atoms with Crippen molar-refractivity contribution in [2.24, 2.45) is 0 Å². The molecule has 0 radical (unpaired) electrons. The molecule has 3 heteroatoms. The van der Waals surface area contributed by atoms with Gasteiger partial charge in [0.1, 0.15) is 18.1 Å². The maximum atomic E-state index is 10.7. The first kappa shape index (κ1) is 13.7. The van der Waals surface area contributed by atoms with Gasteiger partial charge in [-0.25, -0.2) is 0 Å².